The molecule has 1 heterocycles. The van der Waals surface area contributed by atoms with Crippen LogP contribution in [0.2, 0.25) is 0 Å². The number of rotatable bonds is 5. The molecule has 1 saturated heterocycles. The third-order valence-electron chi connectivity index (χ3n) is 5.12. The number of nitrogens with zero attached hydrogens (tertiary/aromatic N) is 1. The first-order valence-electron chi connectivity index (χ1n) is 7.69. The summed E-state index contributed by atoms with van der Waals surface area (Å²) in [5.41, 5.74) is 6.01. The maximum absolute atomic E-state index is 6.01. The lowest BCUT2D eigenvalue weighted by molar-refractivity contribution is 0.0237. The summed E-state index contributed by atoms with van der Waals surface area (Å²) in [5, 5.41) is 0. The molecule has 106 valence electrons. The van der Waals surface area contributed by atoms with Gasteiger partial charge in [-0.1, -0.05) is 26.2 Å². The number of fused-ring (bicyclic) bond motifs is 1. The summed E-state index contributed by atoms with van der Waals surface area (Å²) < 4.78 is 5.30. The summed E-state index contributed by atoms with van der Waals surface area (Å²) in [5.74, 6) is 2.49. The molecule has 1 aliphatic carbocycles. The molecule has 2 rings (SSSR count). The van der Waals surface area contributed by atoms with E-state index in [1.807, 2.05) is 0 Å². The lowest BCUT2D eigenvalue weighted by Gasteiger charge is -2.45. The molecule has 3 nitrogen and oxygen atoms in total. The molecule has 0 spiro atoms. The van der Waals surface area contributed by atoms with Crippen LogP contribution in [0.25, 0.3) is 0 Å². The topological polar surface area (TPSA) is 38.5 Å². The first-order chi connectivity index (χ1) is 8.76. The molecule has 1 aliphatic heterocycles. The van der Waals surface area contributed by atoms with Gasteiger partial charge in [0.25, 0.3) is 0 Å². The van der Waals surface area contributed by atoms with Crippen LogP contribution in [0.15, 0.2) is 0 Å². The van der Waals surface area contributed by atoms with Crippen LogP contribution in [0, 0.1) is 17.8 Å². The van der Waals surface area contributed by atoms with Crippen molar-refractivity contribution in [3.05, 3.63) is 0 Å². The smallest absolute Gasteiger partial charge is 0.0503 e. The second kappa shape index (κ2) is 6.88. The van der Waals surface area contributed by atoms with E-state index in [0.717, 1.165) is 25.0 Å². The number of methoxy groups -OCH3 is 1. The zero-order valence-corrected chi connectivity index (χ0v) is 12.1. The molecule has 2 fully saturated rings. The predicted molar refractivity (Wildman–Crippen MR) is 75.5 cm³/mol. The van der Waals surface area contributed by atoms with Crippen molar-refractivity contribution in [3.63, 3.8) is 0 Å². The van der Waals surface area contributed by atoms with Gasteiger partial charge in [-0.3, -0.25) is 4.90 Å². The van der Waals surface area contributed by atoms with Crippen molar-refractivity contribution in [2.75, 3.05) is 33.4 Å². The lowest BCUT2D eigenvalue weighted by Crippen LogP contribution is -2.52. The van der Waals surface area contributed by atoms with Crippen molar-refractivity contribution in [3.8, 4) is 0 Å². The summed E-state index contributed by atoms with van der Waals surface area (Å²) in [6.45, 7) is 6.39. The average Bonchev–Trinajstić information content (AvgIpc) is 2.40. The Hall–Kier alpha value is -0.120. The van der Waals surface area contributed by atoms with Crippen LogP contribution < -0.4 is 5.73 Å². The van der Waals surface area contributed by atoms with Crippen molar-refractivity contribution in [2.45, 2.75) is 45.1 Å². The zero-order chi connectivity index (χ0) is 13.0. The van der Waals surface area contributed by atoms with Crippen LogP contribution in [-0.2, 0) is 4.74 Å². The molecule has 0 aromatic rings. The third-order valence-corrected chi connectivity index (χ3v) is 5.12. The SMILES string of the molecule is COCC(C)C(CN)N1CCC2CCCCC2C1. The van der Waals surface area contributed by atoms with E-state index in [4.69, 9.17) is 10.5 Å². The molecule has 0 radical (unpaired) electrons. The molecule has 0 aromatic carbocycles. The van der Waals surface area contributed by atoms with E-state index in [0.29, 0.717) is 12.0 Å². The Balaban J connectivity index is 1.91. The number of hydrogen-bond acceptors (Lipinski definition) is 3. The highest BCUT2D eigenvalue weighted by Crippen LogP contribution is 2.37. The van der Waals surface area contributed by atoms with Gasteiger partial charge < -0.3 is 10.5 Å². The van der Waals surface area contributed by atoms with E-state index >= 15 is 0 Å². The van der Waals surface area contributed by atoms with E-state index in [9.17, 15) is 0 Å². The Morgan fingerprint density at radius 3 is 2.61 bits per heavy atom. The van der Waals surface area contributed by atoms with Crippen LogP contribution in [0.1, 0.15) is 39.0 Å². The quantitative estimate of drug-likeness (QED) is 0.816. The van der Waals surface area contributed by atoms with Crippen molar-refractivity contribution >= 4 is 0 Å². The standard InChI is InChI=1S/C15H30N2O/c1-12(11-18-2)15(9-16)17-8-7-13-5-3-4-6-14(13)10-17/h12-15H,3-11,16H2,1-2H3. The second-order valence-electron chi connectivity index (χ2n) is 6.32. The summed E-state index contributed by atoms with van der Waals surface area (Å²) in [4.78, 5) is 2.65. The molecule has 3 heteroatoms. The second-order valence-corrected chi connectivity index (χ2v) is 6.32. The highest BCUT2D eigenvalue weighted by Gasteiger charge is 2.34. The normalized spacial score (nSPS) is 32.8. The summed E-state index contributed by atoms with van der Waals surface area (Å²) in [7, 11) is 1.79. The van der Waals surface area contributed by atoms with Gasteiger partial charge in [-0.25, -0.2) is 0 Å². The van der Waals surface area contributed by atoms with Gasteiger partial charge in [-0.15, -0.1) is 0 Å². The fourth-order valence-corrected chi connectivity index (χ4v) is 4.05. The molecule has 2 N–H and O–H groups in total. The van der Waals surface area contributed by atoms with Gasteiger partial charge in [0.1, 0.15) is 0 Å². The van der Waals surface area contributed by atoms with Gasteiger partial charge in [0.15, 0.2) is 0 Å². The molecule has 0 aromatic heterocycles. The van der Waals surface area contributed by atoms with Gasteiger partial charge in [0, 0.05) is 26.2 Å². The molecule has 2 aliphatic rings. The van der Waals surface area contributed by atoms with Crippen LogP contribution in [-0.4, -0.2) is 44.3 Å². The average molecular weight is 254 g/mol. The van der Waals surface area contributed by atoms with E-state index in [1.165, 1.54) is 45.2 Å². The van der Waals surface area contributed by atoms with Crippen molar-refractivity contribution in [1.82, 2.24) is 4.90 Å². The van der Waals surface area contributed by atoms with E-state index in [-0.39, 0.29) is 0 Å². The first kappa shape index (κ1) is 14.3. The number of likely N-dealkylation sites (tertiary alicyclic amines) is 1. The maximum atomic E-state index is 6.01. The van der Waals surface area contributed by atoms with Crippen LogP contribution in [0.3, 0.4) is 0 Å². The number of ether oxygens (including phenoxy) is 1. The fraction of sp³-hybridized carbons (Fsp3) is 1.00. The van der Waals surface area contributed by atoms with Gasteiger partial charge in [0.2, 0.25) is 0 Å². The van der Waals surface area contributed by atoms with Crippen molar-refractivity contribution < 1.29 is 4.74 Å². The van der Waals surface area contributed by atoms with E-state index in [2.05, 4.69) is 11.8 Å². The van der Waals surface area contributed by atoms with Crippen LogP contribution in [0.5, 0.6) is 0 Å². The molecule has 0 bridgehead atoms. The number of nitrogens with two attached hydrogens (primary N) is 1. The minimum Gasteiger partial charge on any atom is -0.384 e. The highest BCUT2D eigenvalue weighted by atomic mass is 16.5. The Morgan fingerprint density at radius 1 is 1.22 bits per heavy atom. The highest BCUT2D eigenvalue weighted by molar-refractivity contribution is 4.88. The van der Waals surface area contributed by atoms with E-state index < -0.39 is 0 Å². The number of hydrogen-bond donors (Lipinski definition) is 1. The minimum absolute atomic E-state index is 0.507. The Labute approximate surface area is 112 Å². The molecule has 1 saturated carbocycles. The monoisotopic (exact) mass is 254 g/mol. The van der Waals surface area contributed by atoms with Crippen LogP contribution in [0.4, 0.5) is 0 Å². The molecular formula is C15H30N2O. The fourth-order valence-electron chi connectivity index (χ4n) is 4.05. The Morgan fingerprint density at radius 2 is 1.94 bits per heavy atom. The summed E-state index contributed by atoms with van der Waals surface area (Å²) in [6, 6.07) is 0.507. The molecular weight excluding hydrogens is 224 g/mol. The molecule has 4 atom stereocenters. The number of piperidine rings is 1. The molecule has 18 heavy (non-hydrogen) atoms. The molecule has 4 unspecified atom stereocenters. The van der Waals surface area contributed by atoms with Crippen molar-refractivity contribution in [2.24, 2.45) is 23.5 Å². The maximum Gasteiger partial charge on any atom is 0.0503 e. The minimum atomic E-state index is 0.507. The summed E-state index contributed by atoms with van der Waals surface area (Å²) >= 11 is 0. The largest absolute Gasteiger partial charge is 0.384 e. The first-order valence-corrected chi connectivity index (χ1v) is 7.69. The summed E-state index contributed by atoms with van der Waals surface area (Å²) in [6.07, 6.45) is 7.20. The Bertz CT molecular complexity index is 247. The van der Waals surface area contributed by atoms with Gasteiger partial charge in [-0.05, 0) is 37.1 Å². The molecule has 0 amide bonds. The van der Waals surface area contributed by atoms with Gasteiger partial charge >= 0.3 is 0 Å². The predicted octanol–water partition coefficient (Wildman–Crippen LogP) is 2.11. The zero-order valence-electron chi connectivity index (χ0n) is 12.1. The third kappa shape index (κ3) is 3.25. The van der Waals surface area contributed by atoms with Crippen molar-refractivity contribution in [1.29, 1.82) is 0 Å². The van der Waals surface area contributed by atoms with Gasteiger partial charge in [0.05, 0.1) is 6.61 Å². The van der Waals surface area contributed by atoms with Gasteiger partial charge in [-0.2, -0.15) is 0 Å². The van der Waals surface area contributed by atoms with E-state index in [1.54, 1.807) is 7.11 Å². The lowest BCUT2D eigenvalue weighted by atomic mass is 9.74. The van der Waals surface area contributed by atoms with Crippen LogP contribution >= 0.6 is 0 Å². The Kier molecular flexibility index (Phi) is 5.46.